The Labute approximate surface area is 125 Å². The van der Waals surface area contributed by atoms with E-state index in [2.05, 4.69) is 4.90 Å². The predicted octanol–water partition coefficient (Wildman–Crippen LogP) is 2.02. The van der Waals surface area contributed by atoms with E-state index >= 15 is 0 Å². The summed E-state index contributed by atoms with van der Waals surface area (Å²) in [5, 5.41) is 0.739. The topological polar surface area (TPSA) is 32.8 Å². The molecule has 0 aromatic heterocycles. The van der Waals surface area contributed by atoms with Crippen molar-refractivity contribution in [3.05, 3.63) is 34.9 Å². The average molecular weight is 297 g/mol. The lowest BCUT2D eigenvalue weighted by Crippen LogP contribution is -2.57. The smallest absolute Gasteiger partial charge is 0.255 e. The van der Waals surface area contributed by atoms with Crippen LogP contribution in [0.5, 0.6) is 0 Å². The zero-order valence-electron chi connectivity index (χ0n) is 12.2. The highest BCUT2D eigenvalue weighted by molar-refractivity contribution is 6.30. The highest BCUT2D eigenvalue weighted by Gasteiger charge is 2.40. The van der Waals surface area contributed by atoms with Gasteiger partial charge in [-0.05, 0) is 24.6 Å². The number of morpholine rings is 1. The molecular formula is C15H21ClN2O2. The van der Waals surface area contributed by atoms with Crippen molar-refractivity contribution in [1.82, 2.24) is 9.80 Å². The monoisotopic (exact) mass is 296 g/mol. The van der Waals surface area contributed by atoms with Gasteiger partial charge in [0.25, 0.3) is 5.91 Å². The minimum atomic E-state index is -0.764. The molecule has 0 saturated carbocycles. The summed E-state index contributed by atoms with van der Waals surface area (Å²) < 4.78 is 5.72. The van der Waals surface area contributed by atoms with Crippen molar-refractivity contribution in [3.8, 4) is 0 Å². The van der Waals surface area contributed by atoms with Gasteiger partial charge in [0, 0.05) is 38.8 Å². The summed E-state index contributed by atoms with van der Waals surface area (Å²) in [4.78, 5) is 16.0. The van der Waals surface area contributed by atoms with Crippen LogP contribution in [0, 0.1) is 0 Å². The first-order chi connectivity index (χ1) is 9.40. The molecule has 1 amide bonds. The molecule has 1 aromatic carbocycles. The molecule has 0 radical (unpaired) electrons. The zero-order chi connectivity index (χ0) is 14.8. The summed E-state index contributed by atoms with van der Waals surface area (Å²) >= 11 is 6.01. The second-order valence-corrected chi connectivity index (χ2v) is 6.06. The summed E-state index contributed by atoms with van der Waals surface area (Å²) in [5.41, 5.74) is 0.388. The highest BCUT2D eigenvalue weighted by Crippen LogP contribution is 2.22. The number of hydrogen-bond donors (Lipinski definition) is 0. The van der Waals surface area contributed by atoms with Gasteiger partial charge in [0.2, 0.25) is 0 Å². The van der Waals surface area contributed by atoms with Gasteiger partial charge in [0.15, 0.2) is 5.60 Å². The van der Waals surface area contributed by atoms with Crippen LogP contribution in [0.15, 0.2) is 24.3 Å². The maximum atomic E-state index is 12.2. The van der Waals surface area contributed by atoms with Crippen LogP contribution < -0.4 is 0 Å². The summed E-state index contributed by atoms with van der Waals surface area (Å²) in [6.45, 7) is 4.62. The highest BCUT2D eigenvalue weighted by atomic mass is 35.5. The molecule has 0 aliphatic carbocycles. The number of halogens is 1. The molecule has 20 heavy (non-hydrogen) atoms. The second kappa shape index (κ2) is 6.12. The van der Waals surface area contributed by atoms with E-state index in [-0.39, 0.29) is 5.91 Å². The Morgan fingerprint density at radius 1 is 1.50 bits per heavy atom. The maximum absolute atomic E-state index is 12.2. The van der Waals surface area contributed by atoms with Crippen molar-refractivity contribution < 1.29 is 9.53 Å². The number of likely N-dealkylation sites (N-methyl/N-ethyl adjacent to an activating group) is 1. The molecule has 5 heteroatoms. The van der Waals surface area contributed by atoms with Crippen molar-refractivity contribution in [2.24, 2.45) is 0 Å². The lowest BCUT2D eigenvalue weighted by atomic mass is 10.0. The van der Waals surface area contributed by atoms with Gasteiger partial charge in [-0.3, -0.25) is 9.69 Å². The molecule has 1 aliphatic rings. The Morgan fingerprint density at radius 2 is 2.25 bits per heavy atom. The van der Waals surface area contributed by atoms with Gasteiger partial charge in [0.1, 0.15) is 0 Å². The van der Waals surface area contributed by atoms with Gasteiger partial charge in [0.05, 0.1) is 6.61 Å². The van der Waals surface area contributed by atoms with Gasteiger partial charge in [-0.25, -0.2) is 0 Å². The van der Waals surface area contributed by atoms with Crippen LogP contribution in [0.2, 0.25) is 5.02 Å². The molecule has 4 nitrogen and oxygen atoms in total. The molecule has 1 unspecified atom stereocenters. The van der Waals surface area contributed by atoms with E-state index in [9.17, 15) is 4.79 Å². The Bertz CT molecular complexity index is 493. The van der Waals surface area contributed by atoms with Crippen LogP contribution in [0.3, 0.4) is 0 Å². The molecular weight excluding hydrogens is 276 g/mol. The molecule has 0 N–H and O–H groups in total. The summed E-state index contributed by atoms with van der Waals surface area (Å²) in [6.07, 6.45) is 0. The van der Waals surface area contributed by atoms with E-state index in [1.165, 1.54) is 0 Å². The molecule has 0 bridgehead atoms. The fourth-order valence-corrected chi connectivity index (χ4v) is 2.80. The first-order valence-corrected chi connectivity index (χ1v) is 7.11. The molecule has 1 fully saturated rings. The third-order valence-corrected chi connectivity index (χ3v) is 3.74. The number of carbonyl (C=O) groups excluding carboxylic acids is 1. The fraction of sp³-hybridized carbons (Fsp3) is 0.533. The Balaban J connectivity index is 2.05. The molecule has 0 spiro atoms. The lowest BCUT2D eigenvalue weighted by Gasteiger charge is -2.40. The molecule has 1 heterocycles. The van der Waals surface area contributed by atoms with Gasteiger partial charge in [-0.15, -0.1) is 0 Å². The lowest BCUT2D eigenvalue weighted by molar-refractivity contribution is -0.165. The quantitative estimate of drug-likeness (QED) is 0.855. The first kappa shape index (κ1) is 15.3. The second-order valence-electron chi connectivity index (χ2n) is 5.62. The average Bonchev–Trinajstić information content (AvgIpc) is 2.37. The van der Waals surface area contributed by atoms with E-state index < -0.39 is 5.60 Å². The standard InChI is InChI=1S/C15H21ClN2O2/c1-15(14(19)17(2)3)11-18(7-8-20-15)10-12-5-4-6-13(16)9-12/h4-6,9H,7-8,10-11H2,1-3H3. The minimum absolute atomic E-state index is 0.00768. The summed E-state index contributed by atoms with van der Waals surface area (Å²) in [7, 11) is 3.51. The van der Waals surface area contributed by atoms with Crippen LogP contribution in [-0.2, 0) is 16.1 Å². The number of amides is 1. The van der Waals surface area contributed by atoms with Crippen molar-refractivity contribution in [1.29, 1.82) is 0 Å². The SMILES string of the molecule is CN(C)C(=O)C1(C)CN(Cc2cccc(Cl)c2)CCO1. The largest absolute Gasteiger partial charge is 0.363 e. The summed E-state index contributed by atoms with van der Waals surface area (Å²) in [5.74, 6) is 0.00768. The Hall–Kier alpha value is -1.10. The Morgan fingerprint density at radius 3 is 2.90 bits per heavy atom. The van der Waals surface area contributed by atoms with Gasteiger partial charge >= 0.3 is 0 Å². The molecule has 1 saturated heterocycles. The molecule has 1 aromatic rings. The van der Waals surface area contributed by atoms with E-state index in [1.807, 2.05) is 31.2 Å². The molecule has 1 aliphatic heterocycles. The van der Waals surface area contributed by atoms with Crippen LogP contribution in [0.4, 0.5) is 0 Å². The summed E-state index contributed by atoms with van der Waals surface area (Å²) in [6, 6.07) is 7.82. The third kappa shape index (κ3) is 3.51. The van der Waals surface area contributed by atoms with Crippen molar-refractivity contribution in [3.63, 3.8) is 0 Å². The van der Waals surface area contributed by atoms with Crippen LogP contribution in [0.1, 0.15) is 12.5 Å². The fourth-order valence-electron chi connectivity index (χ4n) is 2.58. The Kier molecular flexibility index (Phi) is 4.68. The number of benzene rings is 1. The van der Waals surface area contributed by atoms with E-state index in [0.29, 0.717) is 13.2 Å². The normalized spacial score (nSPS) is 23.6. The van der Waals surface area contributed by atoms with Crippen LogP contribution in [0.25, 0.3) is 0 Å². The molecule has 2 rings (SSSR count). The maximum Gasteiger partial charge on any atom is 0.255 e. The van der Waals surface area contributed by atoms with Crippen molar-refractivity contribution in [2.75, 3.05) is 33.8 Å². The number of hydrogen-bond acceptors (Lipinski definition) is 3. The predicted molar refractivity (Wildman–Crippen MR) is 79.8 cm³/mol. The van der Waals surface area contributed by atoms with E-state index in [1.54, 1.807) is 19.0 Å². The molecule has 110 valence electrons. The minimum Gasteiger partial charge on any atom is -0.363 e. The van der Waals surface area contributed by atoms with Crippen molar-refractivity contribution in [2.45, 2.75) is 19.1 Å². The first-order valence-electron chi connectivity index (χ1n) is 6.73. The molecule has 1 atom stereocenters. The zero-order valence-corrected chi connectivity index (χ0v) is 13.0. The van der Waals surface area contributed by atoms with E-state index in [4.69, 9.17) is 16.3 Å². The van der Waals surface area contributed by atoms with Gasteiger partial charge in [-0.2, -0.15) is 0 Å². The van der Waals surface area contributed by atoms with Crippen molar-refractivity contribution >= 4 is 17.5 Å². The number of ether oxygens (including phenoxy) is 1. The van der Waals surface area contributed by atoms with Crippen LogP contribution >= 0.6 is 11.6 Å². The van der Waals surface area contributed by atoms with Gasteiger partial charge < -0.3 is 9.64 Å². The van der Waals surface area contributed by atoms with E-state index in [0.717, 1.165) is 23.7 Å². The number of nitrogens with zero attached hydrogens (tertiary/aromatic N) is 2. The third-order valence-electron chi connectivity index (χ3n) is 3.51. The van der Waals surface area contributed by atoms with Crippen LogP contribution in [-0.4, -0.2) is 55.1 Å². The number of rotatable bonds is 3. The van der Waals surface area contributed by atoms with Gasteiger partial charge in [-0.1, -0.05) is 23.7 Å². The number of carbonyl (C=O) groups is 1.